The molecule has 1 rings (SSSR count). The van der Waals surface area contributed by atoms with Gasteiger partial charge in [-0.25, -0.2) is 4.98 Å². The van der Waals surface area contributed by atoms with E-state index in [9.17, 15) is 0 Å². The number of nitrogens with zero attached hydrogens (tertiary/aromatic N) is 1. The number of anilines is 1. The zero-order valence-corrected chi connectivity index (χ0v) is 12.7. The first kappa shape index (κ1) is 14.9. The van der Waals surface area contributed by atoms with Crippen LogP contribution in [0, 0.1) is 18.3 Å². The van der Waals surface area contributed by atoms with Crippen molar-refractivity contribution in [1.82, 2.24) is 4.98 Å². The standard InChI is InChI=1S/C14H23N3S/c1-9(14(3,4)5)8-16-12-7-11(13(15)18)6-10(2)17-12/h6-7,9H,8H2,1-5H3,(H2,15,18)(H,16,17). The molecule has 0 aliphatic carbocycles. The molecule has 0 fully saturated rings. The zero-order chi connectivity index (χ0) is 13.9. The van der Waals surface area contributed by atoms with Crippen LogP contribution in [0.2, 0.25) is 0 Å². The SMILES string of the molecule is Cc1cc(C(N)=S)cc(NCC(C)C(C)(C)C)n1. The Balaban J connectivity index is 2.77. The fraction of sp³-hybridized carbons (Fsp3) is 0.571. The third kappa shape index (κ3) is 4.26. The molecule has 0 aromatic carbocycles. The Morgan fingerprint density at radius 3 is 2.56 bits per heavy atom. The second kappa shape index (κ2) is 5.65. The van der Waals surface area contributed by atoms with E-state index in [2.05, 4.69) is 38.0 Å². The Morgan fingerprint density at radius 2 is 2.06 bits per heavy atom. The van der Waals surface area contributed by atoms with E-state index in [1.54, 1.807) is 0 Å². The molecule has 1 heterocycles. The van der Waals surface area contributed by atoms with Gasteiger partial charge in [0.2, 0.25) is 0 Å². The van der Waals surface area contributed by atoms with Crippen LogP contribution in [-0.2, 0) is 0 Å². The van der Waals surface area contributed by atoms with E-state index in [-0.39, 0.29) is 5.41 Å². The second-order valence-electron chi connectivity index (χ2n) is 5.89. The lowest BCUT2D eigenvalue weighted by Gasteiger charge is -2.27. The number of nitrogens with one attached hydrogen (secondary N) is 1. The summed E-state index contributed by atoms with van der Waals surface area (Å²) < 4.78 is 0. The number of hydrogen-bond acceptors (Lipinski definition) is 3. The molecule has 1 unspecified atom stereocenters. The van der Waals surface area contributed by atoms with E-state index in [4.69, 9.17) is 18.0 Å². The smallest absolute Gasteiger partial charge is 0.126 e. The van der Waals surface area contributed by atoms with Crippen molar-refractivity contribution >= 4 is 23.0 Å². The molecule has 1 atom stereocenters. The molecule has 0 aliphatic heterocycles. The molecule has 0 amide bonds. The van der Waals surface area contributed by atoms with Crippen molar-refractivity contribution in [3.63, 3.8) is 0 Å². The summed E-state index contributed by atoms with van der Waals surface area (Å²) in [5.74, 6) is 1.39. The van der Waals surface area contributed by atoms with Crippen LogP contribution in [0.3, 0.4) is 0 Å². The molecule has 18 heavy (non-hydrogen) atoms. The van der Waals surface area contributed by atoms with E-state index < -0.39 is 0 Å². The third-order valence-corrected chi connectivity index (χ3v) is 3.54. The fourth-order valence-electron chi connectivity index (χ4n) is 1.47. The monoisotopic (exact) mass is 265 g/mol. The lowest BCUT2D eigenvalue weighted by Crippen LogP contribution is -2.25. The Hall–Kier alpha value is -1.16. The summed E-state index contributed by atoms with van der Waals surface area (Å²) in [5.41, 5.74) is 7.72. The van der Waals surface area contributed by atoms with E-state index >= 15 is 0 Å². The van der Waals surface area contributed by atoms with E-state index in [0.29, 0.717) is 10.9 Å². The van der Waals surface area contributed by atoms with E-state index in [1.807, 2.05) is 19.1 Å². The lowest BCUT2D eigenvalue weighted by atomic mass is 9.82. The molecule has 3 N–H and O–H groups in total. The summed E-state index contributed by atoms with van der Waals surface area (Å²) in [6.07, 6.45) is 0. The third-order valence-electron chi connectivity index (χ3n) is 3.31. The minimum Gasteiger partial charge on any atom is -0.389 e. The predicted molar refractivity (Wildman–Crippen MR) is 82.0 cm³/mol. The minimum atomic E-state index is 0.281. The van der Waals surface area contributed by atoms with Crippen molar-refractivity contribution in [3.8, 4) is 0 Å². The van der Waals surface area contributed by atoms with Crippen molar-refractivity contribution in [1.29, 1.82) is 0 Å². The van der Waals surface area contributed by atoms with Gasteiger partial charge in [-0.15, -0.1) is 0 Å². The number of thiocarbonyl (C=S) groups is 1. The normalized spacial score (nSPS) is 13.2. The minimum absolute atomic E-state index is 0.281. The summed E-state index contributed by atoms with van der Waals surface area (Å²) in [6.45, 7) is 11.8. The highest BCUT2D eigenvalue weighted by atomic mass is 32.1. The zero-order valence-electron chi connectivity index (χ0n) is 11.9. The van der Waals surface area contributed by atoms with Crippen molar-refractivity contribution in [3.05, 3.63) is 23.4 Å². The number of rotatable bonds is 4. The van der Waals surface area contributed by atoms with E-state index in [0.717, 1.165) is 23.6 Å². The molecule has 100 valence electrons. The summed E-state index contributed by atoms with van der Waals surface area (Å²) in [4.78, 5) is 4.85. The van der Waals surface area contributed by atoms with Crippen LogP contribution >= 0.6 is 12.2 Å². The lowest BCUT2D eigenvalue weighted by molar-refractivity contribution is 0.274. The topological polar surface area (TPSA) is 50.9 Å². The van der Waals surface area contributed by atoms with Crippen molar-refractivity contribution in [2.24, 2.45) is 17.1 Å². The maximum Gasteiger partial charge on any atom is 0.126 e. The largest absolute Gasteiger partial charge is 0.389 e. The number of aromatic nitrogens is 1. The molecule has 0 radical (unpaired) electrons. The molecule has 0 saturated heterocycles. The first-order chi connectivity index (χ1) is 8.20. The molecule has 1 aromatic heterocycles. The second-order valence-corrected chi connectivity index (χ2v) is 6.33. The van der Waals surface area contributed by atoms with Gasteiger partial charge in [0.15, 0.2) is 0 Å². The highest BCUT2D eigenvalue weighted by Crippen LogP contribution is 2.25. The van der Waals surface area contributed by atoms with Crippen LogP contribution in [0.5, 0.6) is 0 Å². The van der Waals surface area contributed by atoms with Gasteiger partial charge >= 0.3 is 0 Å². The summed E-state index contributed by atoms with van der Waals surface area (Å²) in [6, 6.07) is 3.81. The Kier molecular flexibility index (Phi) is 4.68. The van der Waals surface area contributed by atoms with Crippen molar-refractivity contribution < 1.29 is 0 Å². The van der Waals surface area contributed by atoms with Gasteiger partial charge in [0.05, 0.1) is 0 Å². The van der Waals surface area contributed by atoms with Gasteiger partial charge in [-0.3, -0.25) is 0 Å². The molecular weight excluding hydrogens is 242 g/mol. The van der Waals surface area contributed by atoms with Gasteiger partial charge in [0, 0.05) is 17.8 Å². The van der Waals surface area contributed by atoms with Gasteiger partial charge in [-0.1, -0.05) is 39.9 Å². The summed E-state index contributed by atoms with van der Waals surface area (Å²) in [7, 11) is 0. The van der Waals surface area contributed by atoms with Crippen LogP contribution in [0.25, 0.3) is 0 Å². The van der Waals surface area contributed by atoms with Gasteiger partial charge in [0.1, 0.15) is 10.8 Å². The first-order valence-corrected chi connectivity index (χ1v) is 6.63. The first-order valence-electron chi connectivity index (χ1n) is 6.22. The Morgan fingerprint density at radius 1 is 1.44 bits per heavy atom. The van der Waals surface area contributed by atoms with Crippen molar-refractivity contribution in [2.45, 2.75) is 34.6 Å². The van der Waals surface area contributed by atoms with Gasteiger partial charge in [0.25, 0.3) is 0 Å². The van der Waals surface area contributed by atoms with Crippen LogP contribution in [0.1, 0.15) is 39.0 Å². The van der Waals surface area contributed by atoms with Gasteiger partial charge in [-0.05, 0) is 30.4 Å². The number of pyridine rings is 1. The highest BCUT2D eigenvalue weighted by Gasteiger charge is 2.19. The van der Waals surface area contributed by atoms with Crippen LogP contribution in [0.15, 0.2) is 12.1 Å². The highest BCUT2D eigenvalue weighted by molar-refractivity contribution is 7.80. The number of nitrogens with two attached hydrogens (primary N) is 1. The van der Waals surface area contributed by atoms with Gasteiger partial charge in [-0.2, -0.15) is 0 Å². The molecule has 0 bridgehead atoms. The van der Waals surface area contributed by atoms with Crippen molar-refractivity contribution in [2.75, 3.05) is 11.9 Å². The van der Waals surface area contributed by atoms with Crippen LogP contribution < -0.4 is 11.1 Å². The molecular formula is C14H23N3S. The fourth-order valence-corrected chi connectivity index (χ4v) is 1.58. The maximum absolute atomic E-state index is 5.65. The number of aryl methyl sites for hydroxylation is 1. The molecule has 0 spiro atoms. The molecule has 1 aromatic rings. The van der Waals surface area contributed by atoms with Crippen LogP contribution in [0.4, 0.5) is 5.82 Å². The molecule has 3 nitrogen and oxygen atoms in total. The van der Waals surface area contributed by atoms with Gasteiger partial charge < -0.3 is 11.1 Å². The molecule has 0 aliphatic rings. The summed E-state index contributed by atoms with van der Waals surface area (Å²) in [5, 5.41) is 3.36. The predicted octanol–water partition coefficient (Wildman–Crippen LogP) is 3.12. The number of hydrogen-bond donors (Lipinski definition) is 2. The Labute approximate surface area is 115 Å². The molecule has 0 saturated carbocycles. The van der Waals surface area contributed by atoms with E-state index in [1.165, 1.54) is 0 Å². The summed E-state index contributed by atoms with van der Waals surface area (Å²) >= 11 is 5.00. The maximum atomic E-state index is 5.65. The van der Waals surface area contributed by atoms with Crippen LogP contribution in [-0.4, -0.2) is 16.5 Å². The Bertz CT molecular complexity index is 435. The average molecular weight is 265 g/mol. The average Bonchev–Trinajstić information content (AvgIpc) is 2.23. The quantitative estimate of drug-likeness (QED) is 0.821. The molecule has 4 heteroatoms.